The van der Waals surface area contributed by atoms with Crippen molar-refractivity contribution in [3.63, 3.8) is 0 Å². The zero-order valence-electron chi connectivity index (χ0n) is 15.2. The second-order valence-electron chi connectivity index (χ2n) is 6.56. The Kier molecular flexibility index (Phi) is 4.75. The third-order valence-corrected chi connectivity index (χ3v) is 4.81. The van der Waals surface area contributed by atoms with E-state index in [1.54, 1.807) is 19.4 Å². The predicted octanol–water partition coefficient (Wildman–Crippen LogP) is 3.91. The first-order valence-corrected chi connectivity index (χ1v) is 8.95. The van der Waals surface area contributed by atoms with Gasteiger partial charge in [-0.25, -0.2) is 0 Å². The van der Waals surface area contributed by atoms with E-state index in [9.17, 15) is 4.79 Å². The third-order valence-electron chi connectivity index (χ3n) is 4.81. The van der Waals surface area contributed by atoms with Crippen LogP contribution < -0.4 is 15.0 Å². The first-order valence-electron chi connectivity index (χ1n) is 8.95. The summed E-state index contributed by atoms with van der Waals surface area (Å²) in [6.45, 7) is 1.75. The summed E-state index contributed by atoms with van der Waals surface area (Å²) >= 11 is 0. The fourth-order valence-electron chi connectivity index (χ4n) is 3.35. The molecular weight excluding hydrogens is 338 g/mol. The lowest BCUT2D eigenvalue weighted by Gasteiger charge is -2.30. The molecule has 0 saturated heterocycles. The number of nitrogens with zero attached hydrogens (tertiary/aromatic N) is 2. The van der Waals surface area contributed by atoms with Gasteiger partial charge in [0.1, 0.15) is 5.75 Å². The maximum Gasteiger partial charge on any atom is 0.257 e. The number of rotatable bonds is 4. The van der Waals surface area contributed by atoms with Crippen molar-refractivity contribution in [1.29, 1.82) is 0 Å². The van der Waals surface area contributed by atoms with Gasteiger partial charge in [0.2, 0.25) is 0 Å². The third kappa shape index (κ3) is 3.77. The number of methoxy groups -OCH3 is 1. The molecule has 0 aliphatic carbocycles. The average Bonchev–Trinajstić information content (AvgIpc) is 2.73. The van der Waals surface area contributed by atoms with E-state index in [1.165, 1.54) is 11.1 Å². The number of ether oxygens (including phenoxy) is 1. The van der Waals surface area contributed by atoms with Gasteiger partial charge in [-0.05, 0) is 35.7 Å². The van der Waals surface area contributed by atoms with Crippen molar-refractivity contribution in [3.8, 4) is 5.75 Å². The van der Waals surface area contributed by atoms with Crippen LogP contribution in [0.15, 0.2) is 67.0 Å². The minimum atomic E-state index is -0.185. The summed E-state index contributed by atoms with van der Waals surface area (Å²) in [4.78, 5) is 19.2. The molecule has 0 bridgehead atoms. The zero-order valence-corrected chi connectivity index (χ0v) is 15.2. The minimum absolute atomic E-state index is 0.185. The molecule has 2 aromatic carbocycles. The van der Waals surface area contributed by atoms with Crippen LogP contribution in [0.1, 0.15) is 21.5 Å². The molecule has 1 aliphatic heterocycles. The highest BCUT2D eigenvalue weighted by Gasteiger charge is 2.17. The Morgan fingerprint density at radius 2 is 1.93 bits per heavy atom. The van der Waals surface area contributed by atoms with Gasteiger partial charge in [-0.15, -0.1) is 0 Å². The van der Waals surface area contributed by atoms with Crippen LogP contribution in [0.4, 0.5) is 11.4 Å². The molecule has 0 radical (unpaired) electrons. The predicted molar refractivity (Wildman–Crippen MR) is 106 cm³/mol. The van der Waals surface area contributed by atoms with Crippen molar-refractivity contribution in [2.24, 2.45) is 0 Å². The van der Waals surface area contributed by atoms with Crippen molar-refractivity contribution < 1.29 is 9.53 Å². The van der Waals surface area contributed by atoms with Gasteiger partial charge in [0, 0.05) is 31.0 Å². The van der Waals surface area contributed by atoms with Crippen LogP contribution in [0.2, 0.25) is 0 Å². The number of amides is 1. The van der Waals surface area contributed by atoms with Crippen molar-refractivity contribution >= 4 is 17.3 Å². The second kappa shape index (κ2) is 7.50. The number of hydrogen-bond acceptors (Lipinski definition) is 4. The lowest BCUT2D eigenvalue weighted by Crippen LogP contribution is -2.30. The summed E-state index contributed by atoms with van der Waals surface area (Å²) in [5, 5.41) is 2.90. The number of aromatic nitrogens is 1. The van der Waals surface area contributed by atoms with Crippen LogP contribution in [-0.2, 0) is 13.0 Å². The molecular formula is C22H21N3O2. The highest BCUT2D eigenvalue weighted by Crippen LogP contribution is 2.25. The van der Waals surface area contributed by atoms with Gasteiger partial charge in [-0.2, -0.15) is 0 Å². The highest BCUT2D eigenvalue weighted by atomic mass is 16.5. The van der Waals surface area contributed by atoms with Gasteiger partial charge in [-0.3, -0.25) is 9.78 Å². The molecule has 1 N–H and O–H groups in total. The lowest BCUT2D eigenvalue weighted by molar-refractivity contribution is 0.102. The van der Waals surface area contributed by atoms with E-state index in [0.29, 0.717) is 17.0 Å². The number of benzene rings is 2. The first kappa shape index (κ1) is 17.1. The van der Waals surface area contributed by atoms with Crippen LogP contribution in [0.5, 0.6) is 5.75 Å². The van der Waals surface area contributed by atoms with Gasteiger partial charge in [0.25, 0.3) is 5.91 Å². The Labute approximate surface area is 158 Å². The Morgan fingerprint density at radius 1 is 1.07 bits per heavy atom. The van der Waals surface area contributed by atoms with Crippen molar-refractivity contribution in [1.82, 2.24) is 4.98 Å². The number of hydrogen-bond donors (Lipinski definition) is 1. The number of pyridine rings is 1. The molecule has 2 heterocycles. The molecule has 1 aliphatic rings. The van der Waals surface area contributed by atoms with Crippen molar-refractivity contribution in [2.45, 2.75) is 13.0 Å². The average molecular weight is 359 g/mol. The topological polar surface area (TPSA) is 54.5 Å². The molecule has 1 amide bonds. The van der Waals surface area contributed by atoms with Crippen molar-refractivity contribution in [3.05, 3.63) is 83.7 Å². The summed E-state index contributed by atoms with van der Waals surface area (Å²) in [7, 11) is 1.60. The van der Waals surface area contributed by atoms with Crippen LogP contribution >= 0.6 is 0 Å². The molecule has 0 atom stereocenters. The van der Waals surface area contributed by atoms with E-state index < -0.39 is 0 Å². The van der Waals surface area contributed by atoms with E-state index in [-0.39, 0.29) is 5.91 Å². The summed E-state index contributed by atoms with van der Waals surface area (Å²) in [5.74, 6) is 0.515. The van der Waals surface area contributed by atoms with Gasteiger partial charge < -0.3 is 15.0 Å². The molecule has 5 nitrogen and oxygen atoms in total. The number of carbonyl (C=O) groups excluding carboxylic acids is 1. The SMILES string of the molecule is COc1cccc(NC(=O)c2cncc(N3CCc4ccccc4C3)c2)c1. The number of fused-ring (bicyclic) bond motifs is 1. The Morgan fingerprint density at radius 3 is 2.78 bits per heavy atom. The Balaban J connectivity index is 1.51. The molecule has 27 heavy (non-hydrogen) atoms. The van der Waals surface area contributed by atoms with Crippen LogP contribution in [0.3, 0.4) is 0 Å². The van der Waals surface area contributed by atoms with E-state index in [2.05, 4.69) is 39.5 Å². The summed E-state index contributed by atoms with van der Waals surface area (Å²) in [6.07, 6.45) is 4.41. The number of nitrogens with one attached hydrogen (secondary N) is 1. The minimum Gasteiger partial charge on any atom is -0.497 e. The Hall–Kier alpha value is -3.34. The molecule has 136 valence electrons. The summed E-state index contributed by atoms with van der Waals surface area (Å²) < 4.78 is 5.20. The molecule has 3 aromatic rings. The van der Waals surface area contributed by atoms with Crippen LogP contribution in [-0.4, -0.2) is 24.5 Å². The van der Waals surface area contributed by atoms with Gasteiger partial charge in [0.15, 0.2) is 0 Å². The molecule has 0 unspecified atom stereocenters. The first-order chi connectivity index (χ1) is 13.2. The number of carbonyl (C=O) groups is 1. The molecule has 4 rings (SSSR count). The summed E-state index contributed by atoms with van der Waals surface area (Å²) in [5.41, 5.74) is 4.91. The fraction of sp³-hybridized carbons (Fsp3) is 0.182. The Bertz CT molecular complexity index is 971. The van der Waals surface area contributed by atoms with Gasteiger partial charge in [-0.1, -0.05) is 30.3 Å². The number of anilines is 2. The monoisotopic (exact) mass is 359 g/mol. The second-order valence-corrected chi connectivity index (χ2v) is 6.56. The quantitative estimate of drug-likeness (QED) is 0.767. The zero-order chi connectivity index (χ0) is 18.6. The molecule has 5 heteroatoms. The smallest absolute Gasteiger partial charge is 0.257 e. The molecule has 0 saturated carbocycles. The van der Waals surface area contributed by atoms with Crippen LogP contribution in [0.25, 0.3) is 0 Å². The lowest BCUT2D eigenvalue weighted by atomic mass is 9.99. The molecule has 0 fully saturated rings. The van der Waals surface area contributed by atoms with Crippen LogP contribution in [0, 0.1) is 0 Å². The standard InChI is InChI=1S/C22H21N3O2/c1-27-21-8-4-7-19(12-21)24-22(26)18-11-20(14-23-13-18)25-10-9-16-5-2-3-6-17(16)15-25/h2-8,11-14H,9-10,15H2,1H3,(H,24,26). The highest BCUT2D eigenvalue weighted by molar-refractivity contribution is 6.04. The normalized spacial score (nSPS) is 13.0. The van der Waals surface area contributed by atoms with E-state index >= 15 is 0 Å². The fourth-order valence-corrected chi connectivity index (χ4v) is 3.35. The largest absolute Gasteiger partial charge is 0.497 e. The van der Waals surface area contributed by atoms with E-state index in [4.69, 9.17) is 4.74 Å². The van der Waals surface area contributed by atoms with E-state index in [0.717, 1.165) is 25.2 Å². The molecule has 1 aromatic heterocycles. The van der Waals surface area contributed by atoms with Crippen molar-refractivity contribution in [2.75, 3.05) is 23.9 Å². The van der Waals surface area contributed by atoms with Gasteiger partial charge >= 0.3 is 0 Å². The molecule has 0 spiro atoms. The maximum absolute atomic E-state index is 12.6. The van der Waals surface area contributed by atoms with E-state index in [1.807, 2.05) is 30.5 Å². The maximum atomic E-state index is 12.6. The van der Waals surface area contributed by atoms with Gasteiger partial charge in [0.05, 0.1) is 24.6 Å². The summed E-state index contributed by atoms with van der Waals surface area (Å²) in [6, 6.07) is 17.7.